The van der Waals surface area contributed by atoms with Gasteiger partial charge in [0, 0.05) is 5.39 Å². The van der Waals surface area contributed by atoms with Gasteiger partial charge in [-0.05, 0) is 49.6 Å². The zero-order valence-corrected chi connectivity index (χ0v) is 13.1. The minimum absolute atomic E-state index is 0.768. The molecule has 0 saturated heterocycles. The number of hydrogen-bond acceptors (Lipinski definition) is 3. The first-order valence-electron chi connectivity index (χ1n) is 7.36. The third-order valence-electron chi connectivity index (χ3n) is 3.65. The highest BCUT2D eigenvalue weighted by atomic mass is 15.3. The third-order valence-corrected chi connectivity index (χ3v) is 3.65. The molecule has 3 nitrogen and oxygen atoms in total. The van der Waals surface area contributed by atoms with Crippen molar-refractivity contribution in [2.24, 2.45) is 5.10 Å². The minimum Gasteiger partial charge on any atom is -0.261 e. The van der Waals surface area contributed by atoms with Gasteiger partial charge in [0.25, 0.3) is 0 Å². The van der Waals surface area contributed by atoms with E-state index >= 15 is 0 Å². The molecule has 0 aliphatic heterocycles. The SMILES string of the molecule is Cc1cc(C)c2nc(NN=Cc3ccccc3)cc(C)c2c1. The van der Waals surface area contributed by atoms with Crippen molar-refractivity contribution in [3.05, 3.63) is 70.8 Å². The number of rotatable bonds is 3. The highest BCUT2D eigenvalue weighted by Crippen LogP contribution is 2.24. The average molecular weight is 289 g/mol. The molecule has 0 aliphatic carbocycles. The van der Waals surface area contributed by atoms with Crippen LogP contribution < -0.4 is 5.43 Å². The number of pyridine rings is 1. The largest absolute Gasteiger partial charge is 0.261 e. The second kappa shape index (κ2) is 5.98. The van der Waals surface area contributed by atoms with Gasteiger partial charge < -0.3 is 0 Å². The maximum Gasteiger partial charge on any atom is 0.147 e. The van der Waals surface area contributed by atoms with Gasteiger partial charge in [-0.3, -0.25) is 5.43 Å². The molecule has 2 aromatic carbocycles. The lowest BCUT2D eigenvalue weighted by Gasteiger charge is -2.09. The molecule has 1 heterocycles. The van der Waals surface area contributed by atoms with Crippen LogP contribution in [0.15, 0.2) is 53.6 Å². The van der Waals surface area contributed by atoms with E-state index in [1.54, 1.807) is 6.21 Å². The topological polar surface area (TPSA) is 37.3 Å². The molecule has 22 heavy (non-hydrogen) atoms. The van der Waals surface area contributed by atoms with Crippen LogP contribution >= 0.6 is 0 Å². The van der Waals surface area contributed by atoms with Crippen molar-refractivity contribution in [2.75, 3.05) is 5.43 Å². The van der Waals surface area contributed by atoms with Crippen LogP contribution in [0.4, 0.5) is 5.82 Å². The first-order valence-corrected chi connectivity index (χ1v) is 7.36. The van der Waals surface area contributed by atoms with Crippen LogP contribution in [0.1, 0.15) is 22.3 Å². The number of aromatic nitrogens is 1. The Hall–Kier alpha value is -2.68. The van der Waals surface area contributed by atoms with E-state index < -0.39 is 0 Å². The molecule has 3 heteroatoms. The van der Waals surface area contributed by atoms with Gasteiger partial charge in [-0.15, -0.1) is 0 Å². The Morgan fingerprint density at radius 2 is 1.73 bits per heavy atom. The van der Waals surface area contributed by atoms with Crippen molar-refractivity contribution in [1.82, 2.24) is 4.98 Å². The van der Waals surface area contributed by atoms with Crippen molar-refractivity contribution in [3.63, 3.8) is 0 Å². The van der Waals surface area contributed by atoms with Crippen molar-refractivity contribution in [3.8, 4) is 0 Å². The summed E-state index contributed by atoms with van der Waals surface area (Å²) in [7, 11) is 0. The predicted octanol–water partition coefficient (Wildman–Crippen LogP) is 4.61. The average Bonchev–Trinajstić information content (AvgIpc) is 2.50. The molecule has 0 fully saturated rings. The van der Waals surface area contributed by atoms with Crippen LogP contribution in [0.25, 0.3) is 10.9 Å². The molecule has 3 rings (SSSR count). The lowest BCUT2D eigenvalue weighted by atomic mass is 10.0. The molecule has 1 aromatic heterocycles. The zero-order chi connectivity index (χ0) is 15.5. The van der Waals surface area contributed by atoms with E-state index in [0.717, 1.165) is 16.9 Å². The zero-order valence-electron chi connectivity index (χ0n) is 13.1. The van der Waals surface area contributed by atoms with E-state index in [9.17, 15) is 0 Å². The van der Waals surface area contributed by atoms with Crippen LogP contribution in [0, 0.1) is 20.8 Å². The summed E-state index contributed by atoms with van der Waals surface area (Å²) in [5, 5.41) is 5.47. The normalized spacial score (nSPS) is 11.2. The van der Waals surface area contributed by atoms with Gasteiger partial charge >= 0.3 is 0 Å². The molecule has 110 valence electrons. The van der Waals surface area contributed by atoms with Gasteiger partial charge in [-0.25, -0.2) is 4.98 Å². The van der Waals surface area contributed by atoms with E-state index in [2.05, 4.69) is 48.4 Å². The molecule has 0 unspecified atom stereocenters. The Balaban J connectivity index is 1.90. The Kier molecular flexibility index (Phi) is 3.88. The second-order valence-electron chi connectivity index (χ2n) is 5.58. The number of fused-ring (bicyclic) bond motifs is 1. The van der Waals surface area contributed by atoms with Crippen LogP contribution in [0.3, 0.4) is 0 Å². The van der Waals surface area contributed by atoms with E-state index in [4.69, 9.17) is 0 Å². The number of hydrazone groups is 1. The summed E-state index contributed by atoms with van der Waals surface area (Å²) in [4.78, 5) is 4.68. The van der Waals surface area contributed by atoms with Crippen molar-refractivity contribution in [1.29, 1.82) is 0 Å². The summed E-state index contributed by atoms with van der Waals surface area (Å²) in [6, 6.07) is 16.4. The monoisotopic (exact) mass is 289 g/mol. The number of aryl methyl sites for hydroxylation is 3. The molecule has 0 bridgehead atoms. The van der Waals surface area contributed by atoms with Crippen LogP contribution in [-0.2, 0) is 0 Å². The predicted molar refractivity (Wildman–Crippen MR) is 93.6 cm³/mol. The Morgan fingerprint density at radius 1 is 0.955 bits per heavy atom. The number of anilines is 1. The first-order chi connectivity index (χ1) is 10.6. The maximum atomic E-state index is 4.68. The molecule has 0 amide bonds. The quantitative estimate of drug-likeness (QED) is 0.565. The lowest BCUT2D eigenvalue weighted by Crippen LogP contribution is -1.97. The van der Waals surface area contributed by atoms with Crippen molar-refractivity contribution in [2.45, 2.75) is 20.8 Å². The fourth-order valence-electron chi connectivity index (χ4n) is 2.61. The molecule has 1 N–H and O–H groups in total. The summed E-state index contributed by atoms with van der Waals surface area (Å²) in [5.74, 6) is 0.768. The third kappa shape index (κ3) is 2.98. The fraction of sp³-hybridized carbons (Fsp3) is 0.158. The lowest BCUT2D eigenvalue weighted by molar-refractivity contribution is 1.24. The highest BCUT2D eigenvalue weighted by Gasteiger charge is 2.05. The Bertz CT molecular complexity index is 836. The summed E-state index contributed by atoms with van der Waals surface area (Å²) < 4.78 is 0. The second-order valence-corrected chi connectivity index (χ2v) is 5.58. The smallest absolute Gasteiger partial charge is 0.147 e. The standard InChI is InChI=1S/C19H19N3/c1-13-9-15(3)19-17(10-13)14(2)11-18(21-19)22-20-12-16-7-5-4-6-8-16/h4-12H,1-3H3,(H,21,22). The van der Waals surface area contributed by atoms with E-state index in [1.165, 1.54) is 22.1 Å². The van der Waals surface area contributed by atoms with Gasteiger partial charge in [0.2, 0.25) is 0 Å². The molecule has 0 atom stereocenters. The minimum atomic E-state index is 0.768. The van der Waals surface area contributed by atoms with Gasteiger partial charge in [0.1, 0.15) is 5.82 Å². The number of nitrogens with one attached hydrogen (secondary N) is 1. The molecule has 3 aromatic rings. The molecular weight excluding hydrogens is 270 g/mol. The summed E-state index contributed by atoms with van der Waals surface area (Å²) in [5.41, 5.74) is 8.77. The van der Waals surface area contributed by atoms with Crippen LogP contribution in [0.2, 0.25) is 0 Å². The van der Waals surface area contributed by atoms with Gasteiger partial charge in [0.05, 0.1) is 11.7 Å². The number of benzene rings is 2. The number of nitrogens with zero attached hydrogens (tertiary/aromatic N) is 2. The summed E-state index contributed by atoms with van der Waals surface area (Å²) in [6.45, 7) is 6.32. The highest BCUT2D eigenvalue weighted by molar-refractivity contribution is 5.87. The molecule has 0 saturated carbocycles. The first kappa shape index (κ1) is 14.3. The van der Waals surface area contributed by atoms with E-state index in [-0.39, 0.29) is 0 Å². The summed E-state index contributed by atoms with van der Waals surface area (Å²) >= 11 is 0. The Morgan fingerprint density at radius 3 is 2.50 bits per heavy atom. The van der Waals surface area contributed by atoms with E-state index in [0.29, 0.717) is 0 Å². The van der Waals surface area contributed by atoms with Crippen molar-refractivity contribution < 1.29 is 0 Å². The van der Waals surface area contributed by atoms with Crippen molar-refractivity contribution >= 4 is 22.9 Å². The van der Waals surface area contributed by atoms with E-state index in [1.807, 2.05) is 36.4 Å². The van der Waals surface area contributed by atoms with Gasteiger partial charge in [-0.1, -0.05) is 42.0 Å². The Labute approximate surface area is 130 Å². The van der Waals surface area contributed by atoms with Gasteiger partial charge in [-0.2, -0.15) is 5.10 Å². The van der Waals surface area contributed by atoms with Crippen LogP contribution in [0.5, 0.6) is 0 Å². The maximum absolute atomic E-state index is 4.68. The molecule has 0 aliphatic rings. The molecule has 0 spiro atoms. The molecule has 0 radical (unpaired) electrons. The summed E-state index contributed by atoms with van der Waals surface area (Å²) in [6.07, 6.45) is 1.79. The number of hydrogen-bond donors (Lipinski definition) is 1. The molecular formula is C19H19N3. The van der Waals surface area contributed by atoms with Crippen LogP contribution in [-0.4, -0.2) is 11.2 Å². The van der Waals surface area contributed by atoms with Gasteiger partial charge in [0.15, 0.2) is 0 Å². The fourth-order valence-corrected chi connectivity index (χ4v) is 2.61.